The summed E-state index contributed by atoms with van der Waals surface area (Å²) in [5, 5.41) is 3.46. The third-order valence-electron chi connectivity index (χ3n) is 4.50. The smallest absolute Gasteiger partial charge is 0.216 e. The average Bonchev–Trinajstić information content (AvgIpc) is 2.61. The van der Waals surface area contributed by atoms with Crippen molar-refractivity contribution in [3.05, 3.63) is 24.3 Å². The number of sulfonamides is 1. The fraction of sp³-hybridized carbons (Fsp3) is 0.684. The van der Waals surface area contributed by atoms with Gasteiger partial charge in [-0.1, -0.05) is 12.5 Å². The number of hydrogen-bond donors (Lipinski definition) is 2. The minimum Gasteiger partial charge on any atom is -0.385 e. The van der Waals surface area contributed by atoms with Gasteiger partial charge in [-0.25, -0.2) is 13.1 Å². The number of benzene rings is 1. The maximum absolute atomic E-state index is 12.0. The Balaban J connectivity index is 1.64. The van der Waals surface area contributed by atoms with Gasteiger partial charge in [0.05, 0.1) is 18.0 Å². The first-order valence-corrected chi connectivity index (χ1v) is 10.9. The minimum atomic E-state index is -3.23. The van der Waals surface area contributed by atoms with Crippen molar-refractivity contribution in [2.45, 2.75) is 44.8 Å². The Morgan fingerprint density at radius 3 is 2.46 bits per heavy atom. The number of hydrogen-bond acceptors (Lipinski definition) is 5. The van der Waals surface area contributed by atoms with Crippen molar-refractivity contribution in [2.24, 2.45) is 0 Å². The molecule has 1 saturated heterocycles. The van der Waals surface area contributed by atoms with Crippen molar-refractivity contribution in [2.75, 3.05) is 49.6 Å². The van der Waals surface area contributed by atoms with Gasteiger partial charge in [-0.3, -0.25) is 0 Å². The molecule has 6 nitrogen and oxygen atoms in total. The lowest BCUT2D eigenvalue weighted by Gasteiger charge is -2.29. The molecular weight excluding hydrogens is 350 g/mol. The Labute approximate surface area is 158 Å². The molecule has 0 bridgehead atoms. The molecule has 0 atom stereocenters. The zero-order valence-corrected chi connectivity index (χ0v) is 17.1. The van der Waals surface area contributed by atoms with E-state index in [0.717, 1.165) is 57.8 Å². The fourth-order valence-electron chi connectivity index (χ4n) is 2.72. The molecule has 1 aromatic carbocycles. The maximum atomic E-state index is 12.0. The van der Waals surface area contributed by atoms with Crippen molar-refractivity contribution in [1.82, 2.24) is 4.72 Å². The van der Waals surface area contributed by atoms with Crippen LogP contribution in [-0.4, -0.2) is 52.6 Å². The molecule has 0 saturated carbocycles. The molecule has 0 aliphatic carbocycles. The number of rotatable bonds is 9. The van der Waals surface area contributed by atoms with Gasteiger partial charge in [-0.2, -0.15) is 0 Å². The van der Waals surface area contributed by atoms with Crippen molar-refractivity contribution >= 4 is 21.4 Å². The van der Waals surface area contributed by atoms with Gasteiger partial charge in [0, 0.05) is 37.6 Å². The van der Waals surface area contributed by atoms with Crippen molar-refractivity contribution < 1.29 is 13.2 Å². The first-order chi connectivity index (χ1) is 12.3. The highest BCUT2D eigenvalue weighted by Gasteiger charge is 2.27. The second-order valence-electron chi connectivity index (χ2n) is 7.65. The van der Waals surface area contributed by atoms with Gasteiger partial charge in [0.25, 0.3) is 0 Å². The third-order valence-corrected chi connectivity index (χ3v) is 6.70. The van der Waals surface area contributed by atoms with Gasteiger partial charge in [0.15, 0.2) is 0 Å². The van der Waals surface area contributed by atoms with E-state index in [-0.39, 0.29) is 0 Å². The van der Waals surface area contributed by atoms with Crippen LogP contribution in [0.1, 0.15) is 40.0 Å². The molecule has 26 heavy (non-hydrogen) atoms. The lowest BCUT2D eigenvalue weighted by atomic mass is 10.2. The zero-order valence-electron chi connectivity index (χ0n) is 16.3. The van der Waals surface area contributed by atoms with Crippen molar-refractivity contribution in [3.63, 3.8) is 0 Å². The zero-order chi connectivity index (χ0) is 19.0. The SMILES string of the molecule is CC(C)(C)S(=O)(=O)NCCCCCNc1cccc(N2CCOCC2)c1. The normalized spacial score (nSPS) is 15.9. The van der Waals surface area contributed by atoms with E-state index in [9.17, 15) is 8.42 Å². The highest BCUT2D eigenvalue weighted by atomic mass is 32.2. The Kier molecular flexibility index (Phi) is 7.73. The summed E-state index contributed by atoms with van der Waals surface area (Å²) < 4.78 is 31.2. The molecule has 7 heteroatoms. The molecular formula is C19H33N3O3S. The Morgan fingerprint density at radius 1 is 1.08 bits per heavy atom. The van der Waals surface area contributed by atoms with Crippen LogP contribution in [-0.2, 0) is 14.8 Å². The Bertz CT molecular complexity index is 650. The van der Waals surface area contributed by atoms with Crippen LogP contribution >= 0.6 is 0 Å². The van der Waals surface area contributed by atoms with Crippen LogP contribution in [0, 0.1) is 0 Å². The number of nitrogens with one attached hydrogen (secondary N) is 2. The quantitative estimate of drug-likeness (QED) is 0.642. The molecule has 1 aromatic rings. The first-order valence-electron chi connectivity index (χ1n) is 9.45. The van der Waals surface area contributed by atoms with Gasteiger partial charge < -0.3 is 15.0 Å². The van der Waals surface area contributed by atoms with Gasteiger partial charge >= 0.3 is 0 Å². The maximum Gasteiger partial charge on any atom is 0.216 e. The van der Waals surface area contributed by atoms with E-state index < -0.39 is 14.8 Å². The van der Waals surface area contributed by atoms with Crippen LogP contribution < -0.4 is 14.9 Å². The summed E-state index contributed by atoms with van der Waals surface area (Å²) in [7, 11) is -3.23. The van der Waals surface area contributed by atoms with Crippen LogP contribution in [0.2, 0.25) is 0 Å². The molecule has 0 unspecified atom stereocenters. The van der Waals surface area contributed by atoms with Gasteiger partial charge in [-0.05, 0) is 51.8 Å². The van der Waals surface area contributed by atoms with Crippen molar-refractivity contribution in [1.29, 1.82) is 0 Å². The predicted molar refractivity (Wildman–Crippen MR) is 108 cm³/mol. The Morgan fingerprint density at radius 2 is 1.77 bits per heavy atom. The van der Waals surface area contributed by atoms with Gasteiger partial charge in [0.2, 0.25) is 10.0 Å². The molecule has 2 N–H and O–H groups in total. The van der Waals surface area contributed by atoms with E-state index in [1.54, 1.807) is 20.8 Å². The van der Waals surface area contributed by atoms with Gasteiger partial charge in [-0.15, -0.1) is 0 Å². The van der Waals surface area contributed by atoms with E-state index in [2.05, 4.69) is 39.2 Å². The van der Waals surface area contributed by atoms with Crippen LogP contribution in [0.5, 0.6) is 0 Å². The third kappa shape index (κ3) is 6.45. The fourth-order valence-corrected chi connectivity index (χ4v) is 3.56. The summed E-state index contributed by atoms with van der Waals surface area (Å²) in [6, 6.07) is 8.48. The Hall–Kier alpha value is -1.31. The molecule has 0 aromatic heterocycles. The summed E-state index contributed by atoms with van der Waals surface area (Å²) in [5.74, 6) is 0. The topological polar surface area (TPSA) is 70.7 Å². The molecule has 1 aliphatic rings. The lowest BCUT2D eigenvalue weighted by molar-refractivity contribution is 0.122. The van der Waals surface area contributed by atoms with E-state index in [0.29, 0.717) is 6.54 Å². The lowest BCUT2D eigenvalue weighted by Crippen LogP contribution is -2.39. The van der Waals surface area contributed by atoms with E-state index >= 15 is 0 Å². The highest BCUT2D eigenvalue weighted by Crippen LogP contribution is 2.20. The molecule has 0 spiro atoms. The molecule has 148 valence electrons. The monoisotopic (exact) mass is 383 g/mol. The number of anilines is 2. The summed E-state index contributed by atoms with van der Waals surface area (Å²) in [6.07, 6.45) is 2.85. The average molecular weight is 384 g/mol. The standard InChI is InChI=1S/C19H33N3O3S/c1-19(2,3)26(23,24)21-11-6-4-5-10-20-17-8-7-9-18(16-17)22-12-14-25-15-13-22/h7-9,16,20-21H,4-6,10-15H2,1-3H3. The van der Waals surface area contributed by atoms with Crippen LogP contribution in [0.25, 0.3) is 0 Å². The molecule has 1 fully saturated rings. The number of nitrogens with zero attached hydrogens (tertiary/aromatic N) is 1. The van der Waals surface area contributed by atoms with Crippen LogP contribution in [0.4, 0.5) is 11.4 Å². The number of ether oxygens (including phenoxy) is 1. The molecule has 1 aliphatic heterocycles. The second-order valence-corrected chi connectivity index (χ2v) is 10.2. The summed E-state index contributed by atoms with van der Waals surface area (Å²) >= 11 is 0. The number of unbranched alkanes of at least 4 members (excludes halogenated alkanes) is 2. The molecule has 0 amide bonds. The van der Waals surface area contributed by atoms with Gasteiger partial charge in [0.1, 0.15) is 0 Å². The van der Waals surface area contributed by atoms with E-state index in [1.165, 1.54) is 5.69 Å². The largest absolute Gasteiger partial charge is 0.385 e. The van der Waals surface area contributed by atoms with Crippen LogP contribution in [0.15, 0.2) is 24.3 Å². The number of morpholine rings is 1. The molecule has 1 heterocycles. The molecule has 2 rings (SSSR count). The van der Waals surface area contributed by atoms with Crippen LogP contribution in [0.3, 0.4) is 0 Å². The summed E-state index contributed by atoms with van der Waals surface area (Å²) in [6.45, 7) is 9.98. The van der Waals surface area contributed by atoms with E-state index in [4.69, 9.17) is 4.74 Å². The predicted octanol–water partition coefficient (Wildman–Crippen LogP) is 2.82. The van der Waals surface area contributed by atoms with E-state index in [1.807, 2.05) is 0 Å². The second kappa shape index (κ2) is 9.58. The highest BCUT2D eigenvalue weighted by molar-refractivity contribution is 7.90. The van der Waals surface area contributed by atoms with Crippen molar-refractivity contribution in [3.8, 4) is 0 Å². The summed E-state index contributed by atoms with van der Waals surface area (Å²) in [4.78, 5) is 2.34. The molecule has 0 radical (unpaired) electrons. The first kappa shape index (κ1) is 21.0. The minimum absolute atomic E-state index is 0.506. The summed E-state index contributed by atoms with van der Waals surface area (Å²) in [5.41, 5.74) is 2.36.